The number of benzene rings is 2. The predicted molar refractivity (Wildman–Crippen MR) is 124 cm³/mol. The van der Waals surface area contributed by atoms with Gasteiger partial charge in [0, 0.05) is 10.9 Å². The summed E-state index contributed by atoms with van der Waals surface area (Å²) in [5.74, 6) is -1.09. The van der Waals surface area contributed by atoms with Crippen molar-refractivity contribution >= 4 is 34.3 Å². The Morgan fingerprint density at radius 1 is 1.10 bits per heavy atom. The number of nitriles is 1. The van der Waals surface area contributed by atoms with Crippen molar-refractivity contribution in [3.8, 4) is 17.2 Å². The molecule has 0 aliphatic rings. The number of carbonyl (C=O) groups is 2. The van der Waals surface area contributed by atoms with E-state index in [0.29, 0.717) is 16.1 Å². The molecule has 1 N–H and O–H groups in total. The van der Waals surface area contributed by atoms with Crippen molar-refractivity contribution in [3.63, 3.8) is 0 Å². The summed E-state index contributed by atoms with van der Waals surface area (Å²) in [6, 6.07) is 19.0. The van der Waals surface area contributed by atoms with Gasteiger partial charge in [0.2, 0.25) is 0 Å². The van der Waals surface area contributed by atoms with Crippen molar-refractivity contribution in [2.75, 3.05) is 11.9 Å². The number of aryl methyl sites for hydroxylation is 1. The first-order valence-electron chi connectivity index (χ1n) is 9.93. The fraction of sp³-hybridized carbons (Fsp3) is 0.160. The van der Waals surface area contributed by atoms with Crippen molar-refractivity contribution in [1.29, 1.82) is 5.26 Å². The minimum absolute atomic E-state index is 0.0525. The lowest BCUT2D eigenvalue weighted by Crippen LogP contribution is -2.16. The molecule has 1 heterocycles. The Morgan fingerprint density at radius 2 is 1.81 bits per heavy atom. The number of thiophene rings is 1. The number of rotatable bonds is 7. The lowest BCUT2D eigenvalue weighted by molar-refractivity contribution is -0.112. The average molecular weight is 431 g/mol. The average Bonchev–Trinajstić information content (AvgIpc) is 3.21. The SMILES string of the molecule is CCOC(=O)c1c(-c2ccc(CC)cc2)csc1NC(=O)/C(C#N)=C/c1ccccc1. The summed E-state index contributed by atoms with van der Waals surface area (Å²) in [5, 5.41) is 14.4. The Bertz CT molecular complexity index is 1140. The first-order chi connectivity index (χ1) is 15.1. The Kier molecular flexibility index (Phi) is 7.36. The number of anilines is 1. The van der Waals surface area contributed by atoms with E-state index in [9.17, 15) is 14.9 Å². The number of nitrogens with zero attached hydrogens (tertiary/aromatic N) is 1. The highest BCUT2D eigenvalue weighted by Gasteiger charge is 2.23. The van der Waals surface area contributed by atoms with Crippen LogP contribution in [0.4, 0.5) is 5.00 Å². The minimum atomic E-state index is -0.577. The van der Waals surface area contributed by atoms with E-state index >= 15 is 0 Å². The predicted octanol–water partition coefficient (Wildman–Crippen LogP) is 5.70. The summed E-state index contributed by atoms with van der Waals surface area (Å²) >= 11 is 1.23. The Morgan fingerprint density at radius 3 is 2.42 bits per heavy atom. The molecular formula is C25H22N2O3S. The maximum atomic E-state index is 12.8. The molecule has 31 heavy (non-hydrogen) atoms. The van der Waals surface area contributed by atoms with Gasteiger partial charge in [-0.05, 0) is 36.1 Å². The lowest BCUT2D eigenvalue weighted by atomic mass is 10.0. The van der Waals surface area contributed by atoms with E-state index in [-0.39, 0.29) is 12.2 Å². The van der Waals surface area contributed by atoms with E-state index in [1.165, 1.54) is 23.0 Å². The van der Waals surface area contributed by atoms with Crippen LogP contribution < -0.4 is 5.32 Å². The van der Waals surface area contributed by atoms with Crippen molar-refractivity contribution in [2.45, 2.75) is 20.3 Å². The van der Waals surface area contributed by atoms with Gasteiger partial charge in [0.05, 0.1) is 6.61 Å². The van der Waals surface area contributed by atoms with Crippen LogP contribution in [0.2, 0.25) is 0 Å². The Labute approximate surface area is 185 Å². The van der Waals surface area contributed by atoms with Gasteiger partial charge in [-0.25, -0.2) is 4.79 Å². The smallest absolute Gasteiger partial charge is 0.341 e. The number of nitrogens with one attached hydrogen (secondary N) is 1. The fourth-order valence-corrected chi connectivity index (χ4v) is 3.98. The van der Waals surface area contributed by atoms with E-state index < -0.39 is 11.9 Å². The normalized spacial score (nSPS) is 10.9. The van der Waals surface area contributed by atoms with Crippen LogP contribution in [-0.4, -0.2) is 18.5 Å². The van der Waals surface area contributed by atoms with Gasteiger partial charge in [-0.3, -0.25) is 4.79 Å². The van der Waals surface area contributed by atoms with Gasteiger partial charge in [0.15, 0.2) is 0 Å². The standard InChI is InChI=1S/C25H22N2O3S/c1-3-17-10-12-19(13-11-17)21-16-31-24(22(21)25(29)30-4-2)27-23(28)20(15-26)14-18-8-6-5-7-9-18/h5-14,16H,3-4H2,1-2H3,(H,27,28)/b20-14+. The third-order valence-electron chi connectivity index (χ3n) is 4.65. The van der Waals surface area contributed by atoms with Gasteiger partial charge in [0.1, 0.15) is 22.2 Å². The highest BCUT2D eigenvalue weighted by molar-refractivity contribution is 7.15. The second-order valence-corrected chi connectivity index (χ2v) is 7.54. The van der Waals surface area contributed by atoms with Crippen molar-refractivity contribution in [3.05, 3.63) is 82.2 Å². The third-order valence-corrected chi connectivity index (χ3v) is 5.54. The van der Waals surface area contributed by atoms with Crippen LogP contribution in [0.5, 0.6) is 0 Å². The largest absolute Gasteiger partial charge is 0.462 e. The second-order valence-electron chi connectivity index (χ2n) is 6.66. The molecule has 0 aliphatic heterocycles. The Balaban J connectivity index is 1.95. The molecule has 3 aromatic rings. The molecule has 5 nitrogen and oxygen atoms in total. The van der Waals surface area contributed by atoms with Crippen LogP contribution in [0.15, 0.2) is 65.6 Å². The molecule has 0 bridgehead atoms. The third kappa shape index (κ3) is 5.27. The van der Waals surface area contributed by atoms with Crippen LogP contribution in [0.25, 0.3) is 17.2 Å². The first-order valence-corrected chi connectivity index (χ1v) is 10.8. The van der Waals surface area contributed by atoms with Crippen molar-refractivity contribution < 1.29 is 14.3 Å². The summed E-state index contributed by atoms with van der Waals surface area (Å²) in [6.07, 6.45) is 2.43. The zero-order valence-electron chi connectivity index (χ0n) is 17.3. The number of hydrogen-bond acceptors (Lipinski definition) is 5. The van der Waals surface area contributed by atoms with Gasteiger partial charge >= 0.3 is 5.97 Å². The minimum Gasteiger partial charge on any atom is -0.462 e. The molecule has 0 saturated carbocycles. The van der Waals surface area contributed by atoms with E-state index in [1.807, 2.05) is 53.9 Å². The first kappa shape index (κ1) is 22.0. The molecule has 1 aromatic heterocycles. The molecule has 6 heteroatoms. The van der Waals surface area contributed by atoms with Crippen LogP contribution >= 0.6 is 11.3 Å². The topological polar surface area (TPSA) is 79.2 Å². The molecule has 0 unspecified atom stereocenters. The molecule has 156 valence electrons. The van der Waals surface area contributed by atoms with Crippen molar-refractivity contribution in [1.82, 2.24) is 0 Å². The quantitative estimate of drug-likeness (QED) is 0.296. The van der Waals surface area contributed by atoms with Gasteiger partial charge in [-0.15, -0.1) is 11.3 Å². The summed E-state index contributed by atoms with van der Waals surface area (Å²) in [6.45, 7) is 4.02. The molecule has 0 atom stereocenters. The van der Waals surface area contributed by atoms with Crippen molar-refractivity contribution in [2.24, 2.45) is 0 Å². The van der Waals surface area contributed by atoms with E-state index in [2.05, 4.69) is 12.2 Å². The second kappa shape index (κ2) is 10.4. The van der Waals surface area contributed by atoms with E-state index in [0.717, 1.165) is 17.5 Å². The Hall–Kier alpha value is -3.69. The summed E-state index contributed by atoms with van der Waals surface area (Å²) in [4.78, 5) is 25.5. The zero-order chi connectivity index (χ0) is 22.2. The molecule has 0 spiro atoms. The number of ether oxygens (including phenoxy) is 1. The summed E-state index contributed by atoms with van der Waals surface area (Å²) in [7, 11) is 0. The fourth-order valence-electron chi connectivity index (χ4n) is 3.02. The molecule has 1 amide bonds. The molecule has 0 saturated heterocycles. The number of hydrogen-bond donors (Lipinski definition) is 1. The molecule has 0 fully saturated rings. The lowest BCUT2D eigenvalue weighted by Gasteiger charge is -2.09. The number of carbonyl (C=O) groups excluding carboxylic acids is 2. The van der Waals surface area contributed by atoms with E-state index in [1.54, 1.807) is 19.1 Å². The van der Waals surface area contributed by atoms with Gasteiger partial charge in [0.25, 0.3) is 5.91 Å². The number of amides is 1. The molecule has 3 rings (SSSR count). The highest BCUT2D eigenvalue weighted by atomic mass is 32.1. The van der Waals surface area contributed by atoms with Crippen LogP contribution in [0, 0.1) is 11.3 Å². The van der Waals surface area contributed by atoms with Gasteiger partial charge in [-0.1, -0.05) is 61.5 Å². The monoisotopic (exact) mass is 430 g/mol. The van der Waals surface area contributed by atoms with Crippen LogP contribution in [0.1, 0.15) is 35.3 Å². The van der Waals surface area contributed by atoms with Crippen LogP contribution in [0.3, 0.4) is 0 Å². The highest BCUT2D eigenvalue weighted by Crippen LogP contribution is 2.36. The van der Waals surface area contributed by atoms with Gasteiger partial charge < -0.3 is 10.1 Å². The molecule has 2 aromatic carbocycles. The molecular weight excluding hydrogens is 408 g/mol. The van der Waals surface area contributed by atoms with Crippen LogP contribution in [-0.2, 0) is 16.0 Å². The molecule has 0 radical (unpaired) electrons. The number of esters is 1. The van der Waals surface area contributed by atoms with Gasteiger partial charge in [-0.2, -0.15) is 5.26 Å². The maximum Gasteiger partial charge on any atom is 0.341 e. The maximum absolute atomic E-state index is 12.8. The zero-order valence-corrected chi connectivity index (χ0v) is 18.2. The summed E-state index contributed by atoms with van der Waals surface area (Å²) in [5.41, 5.74) is 3.71. The summed E-state index contributed by atoms with van der Waals surface area (Å²) < 4.78 is 5.23. The van der Waals surface area contributed by atoms with E-state index in [4.69, 9.17) is 4.74 Å². The molecule has 0 aliphatic carbocycles.